The third-order valence-electron chi connectivity index (χ3n) is 3.64. The highest BCUT2D eigenvalue weighted by molar-refractivity contribution is 6.04. The van der Waals surface area contributed by atoms with Crippen LogP contribution < -0.4 is 10.6 Å². The number of carbonyl (C=O) groups is 1. The highest BCUT2D eigenvalue weighted by Gasteiger charge is 2.09. The molecule has 1 amide bonds. The average Bonchev–Trinajstić information content (AvgIpc) is 2.59. The van der Waals surface area contributed by atoms with Gasteiger partial charge in [0, 0.05) is 23.8 Å². The van der Waals surface area contributed by atoms with E-state index in [2.05, 4.69) is 20.6 Å². The molecule has 1 heterocycles. The summed E-state index contributed by atoms with van der Waals surface area (Å²) >= 11 is 0. The number of halogens is 1. The molecule has 25 heavy (non-hydrogen) atoms. The lowest BCUT2D eigenvalue weighted by Gasteiger charge is -2.09. The van der Waals surface area contributed by atoms with Gasteiger partial charge in [-0.3, -0.25) is 4.79 Å². The molecule has 3 aromatic rings. The standard InChI is InChI=1S/C19H17FN4O/c1-12-6-7-13(2)17(8-12)24-18(25)14-10-21-19(22-11-14)23-16-5-3-4-15(20)9-16/h3-11H,1-2H3,(H,24,25)(H,21,22,23). The minimum absolute atomic E-state index is 0.286. The predicted molar refractivity (Wildman–Crippen MR) is 95.6 cm³/mol. The fraction of sp³-hybridized carbons (Fsp3) is 0.105. The Bertz CT molecular complexity index is 910. The van der Waals surface area contributed by atoms with Crippen molar-refractivity contribution in [2.45, 2.75) is 13.8 Å². The van der Waals surface area contributed by atoms with Crippen LogP contribution in [0.4, 0.5) is 21.7 Å². The zero-order valence-electron chi connectivity index (χ0n) is 13.9. The maximum Gasteiger partial charge on any atom is 0.258 e. The van der Waals surface area contributed by atoms with E-state index in [-0.39, 0.29) is 17.7 Å². The first-order valence-corrected chi connectivity index (χ1v) is 7.74. The molecule has 2 N–H and O–H groups in total. The van der Waals surface area contributed by atoms with Crippen molar-refractivity contribution in [2.75, 3.05) is 10.6 Å². The molecule has 0 fully saturated rings. The Balaban J connectivity index is 1.71. The Hall–Kier alpha value is -3.28. The van der Waals surface area contributed by atoms with E-state index in [0.717, 1.165) is 16.8 Å². The van der Waals surface area contributed by atoms with Crippen LogP contribution in [0.15, 0.2) is 54.9 Å². The number of nitrogens with one attached hydrogen (secondary N) is 2. The Labute approximate surface area is 145 Å². The van der Waals surface area contributed by atoms with Gasteiger partial charge in [-0.05, 0) is 49.2 Å². The number of aromatic nitrogens is 2. The van der Waals surface area contributed by atoms with Crippen molar-refractivity contribution >= 4 is 23.2 Å². The zero-order chi connectivity index (χ0) is 17.8. The number of amides is 1. The molecule has 5 nitrogen and oxygen atoms in total. The van der Waals surface area contributed by atoms with Crippen LogP contribution in [0.25, 0.3) is 0 Å². The van der Waals surface area contributed by atoms with Crippen LogP contribution in [0.3, 0.4) is 0 Å². The minimum Gasteiger partial charge on any atom is -0.324 e. The molecule has 0 aliphatic carbocycles. The van der Waals surface area contributed by atoms with E-state index >= 15 is 0 Å². The molecule has 3 rings (SSSR count). The number of anilines is 3. The summed E-state index contributed by atoms with van der Waals surface area (Å²) in [6, 6.07) is 11.8. The van der Waals surface area contributed by atoms with Gasteiger partial charge in [0.25, 0.3) is 5.91 Å². The SMILES string of the molecule is Cc1ccc(C)c(NC(=O)c2cnc(Nc3cccc(F)c3)nc2)c1. The van der Waals surface area contributed by atoms with Crippen LogP contribution in [0.5, 0.6) is 0 Å². The quantitative estimate of drug-likeness (QED) is 0.748. The average molecular weight is 336 g/mol. The molecule has 0 aliphatic rings. The van der Waals surface area contributed by atoms with Gasteiger partial charge >= 0.3 is 0 Å². The van der Waals surface area contributed by atoms with Crippen LogP contribution in [-0.2, 0) is 0 Å². The van der Waals surface area contributed by atoms with Crippen LogP contribution in [-0.4, -0.2) is 15.9 Å². The van der Waals surface area contributed by atoms with E-state index < -0.39 is 0 Å². The summed E-state index contributed by atoms with van der Waals surface area (Å²) in [5.74, 6) is -0.352. The molecule has 1 aromatic heterocycles. The largest absolute Gasteiger partial charge is 0.324 e. The lowest BCUT2D eigenvalue weighted by molar-refractivity contribution is 0.102. The maximum atomic E-state index is 13.2. The zero-order valence-corrected chi connectivity index (χ0v) is 13.9. The molecule has 0 saturated heterocycles. The van der Waals surface area contributed by atoms with Crippen molar-refractivity contribution in [2.24, 2.45) is 0 Å². The summed E-state index contributed by atoms with van der Waals surface area (Å²) in [6.07, 6.45) is 2.85. The highest BCUT2D eigenvalue weighted by Crippen LogP contribution is 2.18. The van der Waals surface area contributed by atoms with Crippen LogP contribution >= 0.6 is 0 Å². The van der Waals surface area contributed by atoms with Gasteiger partial charge in [0.2, 0.25) is 5.95 Å². The first-order valence-electron chi connectivity index (χ1n) is 7.74. The molecule has 126 valence electrons. The van der Waals surface area contributed by atoms with Gasteiger partial charge in [0.05, 0.1) is 5.56 Å². The fourth-order valence-electron chi connectivity index (χ4n) is 2.27. The number of hydrogen-bond donors (Lipinski definition) is 2. The Kier molecular flexibility index (Phi) is 4.70. The Morgan fingerprint density at radius 1 is 1.04 bits per heavy atom. The lowest BCUT2D eigenvalue weighted by Crippen LogP contribution is -2.14. The topological polar surface area (TPSA) is 66.9 Å². The molecule has 0 spiro atoms. The van der Waals surface area contributed by atoms with Crippen molar-refractivity contribution in [3.05, 3.63) is 77.4 Å². The van der Waals surface area contributed by atoms with Crippen molar-refractivity contribution in [1.29, 1.82) is 0 Å². The summed E-state index contributed by atoms with van der Waals surface area (Å²) in [5, 5.41) is 5.74. The smallest absolute Gasteiger partial charge is 0.258 e. The predicted octanol–water partition coefficient (Wildman–Crippen LogP) is 4.23. The van der Waals surface area contributed by atoms with Gasteiger partial charge in [-0.1, -0.05) is 18.2 Å². The van der Waals surface area contributed by atoms with Gasteiger partial charge in [-0.15, -0.1) is 0 Å². The number of carbonyl (C=O) groups excluding carboxylic acids is 1. The lowest BCUT2D eigenvalue weighted by atomic mass is 10.1. The van der Waals surface area contributed by atoms with Crippen LogP contribution in [0.2, 0.25) is 0 Å². The molecular formula is C19H17FN4O. The summed E-state index contributed by atoms with van der Waals surface area (Å²) in [7, 11) is 0. The van der Waals surface area contributed by atoms with E-state index in [9.17, 15) is 9.18 Å². The number of benzene rings is 2. The molecule has 0 unspecified atom stereocenters. The normalized spacial score (nSPS) is 10.4. The summed E-state index contributed by atoms with van der Waals surface area (Å²) in [4.78, 5) is 20.5. The molecule has 0 aliphatic heterocycles. The molecule has 2 aromatic carbocycles. The highest BCUT2D eigenvalue weighted by atomic mass is 19.1. The van der Waals surface area contributed by atoms with Crippen molar-refractivity contribution in [3.8, 4) is 0 Å². The molecule has 6 heteroatoms. The van der Waals surface area contributed by atoms with Crippen molar-refractivity contribution in [1.82, 2.24) is 9.97 Å². The van der Waals surface area contributed by atoms with E-state index in [1.165, 1.54) is 24.5 Å². The van der Waals surface area contributed by atoms with Crippen molar-refractivity contribution in [3.63, 3.8) is 0 Å². The van der Waals surface area contributed by atoms with E-state index in [0.29, 0.717) is 11.3 Å². The Morgan fingerprint density at radius 3 is 2.52 bits per heavy atom. The second-order valence-electron chi connectivity index (χ2n) is 5.70. The third-order valence-corrected chi connectivity index (χ3v) is 3.64. The van der Waals surface area contributed by atoms with Gasteiger partial charge in [-0.25, -0.2) is 14.4 Å². The van der Waals surface area contributed by atoms with E-state index in [1.54, 1.807) is 12.1 Å². The number of rotatable bonds is 4. The van der Waals surface area contributed by atoms with Gasteiger partial charge in [0.15, 0.2) is 0 Å². The molecular weight excluding hydrogens is 319 g/mol. The Morgan fingerprint density at radius 2 is 1.80 bits per heavy atom. The van der Waals surface area contributed by atoms with Crippen molar-refractivity contribution < 1.29 is 9.18 Å². The molecule has 0 radical (unpaired) electrons. The summed E-state index contributed by atoms with van der Waals surface area (Å²) < 4.78 is 13.2. The van der Waals surface area contributed by atoms with Crippen LogP contribution in [0.1, 0.15) is 21.5 Å². The van der Waals surface area contributed by atoms with E-state index in [4.69, 9.17) is 0 Å². The molecule has 0 saturated carbocycles. The minimum atomic E-state index is -0.352. The number of aryl methyl sites for hydroxylation is 2. The monoisotopic (exact) mass is 336 g/mol. The summed E-state index contributed by atoms with van der Waals surface area (Å²) in [5.41, 5.74) is 3.67. The van der Waals surface area contributed by atoms with Gasteiger partial charge in [-0.2, -0.15) is 0 Å². The fourth-order valence-corrected chi connectivity index (χ4v) is 2.27. The third kappa shape index (κ3) is 4.17. The number of nitrogens with zero attached hydrogens (tertiary/aromatic N) is 2. The van der Waals surface area contributed by atoms with Gasteiger partial charge in [0.1, 0.15) is 5.82 Å². The van der Waals surface area contributed by atoms with E-state index in [1.807, 2.05) is 32.0 Å². The van der Waals surface area contributed by atoms with Crippen LogP contribution in [0, 0.1) is 19.7 Å². The maximum absolute atomic E-state index is 13.2. The number of hydrogen-bond acceptors (Lipinski definition) is 4. The second-order valence-corrected chi connectivity index (χ2v) is 5.70. The van der Waals surface area contributed by atoms with Gasteiger partial charge < -0.3 is 10.6 Å². The second kappa shape index (κ2) is 7.09. The first kappa shape index (κ1) is 16.6. The molecule has 0 atom stereocenters. The first-order chi connectivity index (χ1) is 12.0. The molecule has 0 bridgehead atoms. The summed E-state index contributed by atoms with van der Waals surface area (Å²) in [6.45, 7) is 3.89.